The third-order valence-corrected chi connectivity index (χ3v) is 5.59. The van der Waals surface area contributed by atoms with Gasteiger partial charge in [0.25, 0.3) is 0 Å². The number of halogens is 2. The van der Waals surface area contributed by atoms with Crippen LogP contribution in [0.4, 0.5) is 8.78 Å². The van der Waals surface area contributed by atoms with Crippen molar-refractivity contribution >= 4 is 5.97 Å². The number of carbonyl (C=O) groups excluding carboxylic acids is 1. The van der Waals surface area contributed by atoms with Crippen molar-refractivity contribution in [1.82, 2.24) is 0 Å². The lowest BCUT2D eigenvalue weighted by atomic mass is 9.66. The van der Waals surface area contributed by atoms with E-state index in [1.165, 1.54) is 7.11 Å². The van der Waals surface area contributed by atoms with Gasteiger partial charge in [-0.15, -0.1) is 0 Å². The van der Waals surface area contributed by atoms with E-state index in [4.69, 9.17) is 14.2 Å². The van der Waals surface area contributed by atoms with E-state index in [0.29, 0.717) is 19.6 Å². The topological polar surface area (TPSA) is 44.8 Å². The summed E-state index contributed by atoms with van der Waals surface area (Å²) in [5.74, 6) is -4.10. The van der Waals surface area contributed by atoms with Crippen LogP contribution in [0.15, 0.2) is 0 Å². The van der Waals surface area contributed by atoms with Crippen molar-refractivity contribution in [2.75, 3.05) is 20.3 Å². The molecule has 3 aliphatic rings. The summed E-state index contributed by atoms with van der Waals surface area (Å²) < 4.78 is 43.6. The van der Waals surface area contributed by atoms with Gasteiger partial charge in [0.15, 0.2) is 5.79 Å². The van der Waals surface area contributed by atoms with Gasteiger partial charge in [0.05, 0.1) is 26.2 Å². The Morgan fingerprint density at radius 2 is 1.73 bits per heavy atom. The maximum absolute atomic E-state index is 13.7. The number of carbonyl (C=O) groups is 1. The molecule has 0 aromatic carbocycles. The van der Waals surface area contributed by atoms with Gasteiger partial charge in [0.2, 0.25) is 5.92 Å². The summed E-state index contributed by atoms with van der Waals surface area (Å²) in [5, 5.41) is 0. The number of esters is 1. The van der Waals surface area contributed by atoms with Crippen LogP contribution in [0.3, 0.4) is 0 Å². The lowest BCUT2D eigenvalue weighted by Gasteiger charge is -2.43. The van der Waals surface area contributed by atoms with Crippen molar-refractivity contribution in [2.45, 2.75) is 56.7 Å². The molecule has 0 radical (unpaired) electrons. The Hall–Kier alpha value is -0.750. The summed E-state index contributed by atoms with van der Waals surface area (Å²) in [7, 11) is 1.28. The molecule has 126 valence electrons. The Labute approximate surface area is 129 Å². The molecule has 2 saturated carbocycles. The summed E-state index contributed by atoms with van der Waals surface area (Å²) in [5.41, 5.74) is 0. The minimum atomic E-state index is -2.75. The van der Waals surface area contributed by atoms with Gasteiger partial charge in [0, 0.05) is 25.7 Å². The first-order valence-electron chi connectivity index (χ1n) is 8.18. The molecule has 1 aliphatic heterocycles. The molecule has 4 nitrogen and oxygen atoms in total. The highest BCUT2D eigenvalue weighted by Crippen LogP contribution is 2.49. The van der Waals surface area contributed by atoms with E-state index in [1.807, 2.05) is 0 Å². The van der Waals surface area contributed by atoms with Crippen molar-refractivity contribution in [3.8, 4) is 0 Å². The van der Waals surface area contributed by atoms with Crippen molar-refractivity contribution in [3.63, 3.8) is 0 Å². The molecule has 1 heterocycles. The zero-order chi connectivity index (χ0) is 15.8. The summed E-state index contributed by atoms with van der Waals surface area (Å²) in [6, 6.07) is 0. The lowest BCUT2D eigenvalue weighted by molar-refractivity contribution is -0.190. The first-order chi connectivity index (χ1) is 10.4. The first kappa shape index (κ1) is 16.1. The van der Waals surface area contributed by atoms with Crippen LogP contribution in [-0.2, 0) is 19.0 Å². The van der Waals surface area contributed by atoms with Gasteiger partial charge in [0.1, 0.15) is 0 Å². The summed E-state index contributed by atoms with van der Waals surface area (Å²) >= 11 is 0. The third-order valence-electron chi connectivity index (χ3n) is 5.59. The number of methoxy groups -OCH3 is 1. The molecule has 6 heteroatoms. The average molecular weight is 318 g/mol. The molecule has 1 spiro atoms. The van der Waals surface area contributed by atoms with Crippen LogP contribution in [0, 0.1) is 17.8 Å². The number of ether oxygens (including phenoxy) is 3. The van der Waals surface area contributed by atoms with Crippen LogP contribution in [0.1, 0.15) is 44.9 Å². The summed E-state index contributed by atoms with van der Waals surface area (Å²) in [6.07, 6.45) is 3.20. The van der Waals surface area contributed by atoms with Crippen LogP contribution in [0.2, 0.25) is 0 Å². The van der Waals surface area contributed by atoms with Crippen molar-refractivity contribution in [3.05, 3.63) is 0 Å². The molecule has 2 atom stereocenters. The minimum Gasteiger partial charge on any atom is -0.469 e. The predicted octanol–water partition coefficient (Wildman–Crippen LogP) is 3.14. The molecule has 0 bridgehead atoms. The maximum Gasteiger partial charge on any atom is 0.309 e. The first-order valence-corrected chi connectivity index (χ1v) is 8.18. The normalized spacial score (nSPS) is 37.1. The second kappa shape index (κ2) is 6.04. The molecule has 0 aromatic rings. The smallest absolute Gasteiger partial charge is 0.309 e. The second-order valence-corrected chi connectivity index (χ2v) is 6.84. The predicted molar refractivity (Wildman–Crippen MR) is 74.4 cm³/mol. The zero-order valence-electron chi connectivity index (χ0n) is 13.0. The molecule has 1 saturated heterocycles. The van der Waals surface area contributed by atoms with Crippen LogP contribution in [-0.4, -0.2) is 38.0 Å². The fraction of sp³-hybridized carbons (Fsp3) is 0.938. The molecule has 0 aromatic heterocycles. The van der Waals surface area contributed by atoms with Gasteiger partial charge >= 0.3 is 5.97 Å². The Bertz CT molecular complexity index is 410. The number of hydrogen-bond donors (Lipinski definition) is 0. The number of alkyl halides is 2. The average Bonchev–Trinajstić information content (AvgIpc) is 2.95. The molecule has 3 fully saturated rings. The minimum absolute atomic E-state index is 0.00849. The van der Waals surface area contributed by atoms with E-state index in [9.17, 15) is 13.6 Å². The van der Waals surface area contributed by atoms with E-state index in [1.54, 1.807) is 0 Å². The van der Waals surface area contributed by atoms with Gasteiger partial charge in [-0.3, -0.25) is 4.79 Å². The van der Waals surface area contributed by atoms with Crippen LogP contribution < -0.4 is 0 Å². The highest BCUT2D eigenvalue weighted by Gasteiger charge is 2.50. The van der Waals surface area contributed by atoms with E-state index in [-0.39, 0.29) is 24.7 Å². The van der Waals surface area contributed by atoms with Crippen molar-refractivity contribution in [2.24, 2.45) is 17.8 Å². The Balaban J connectivity index is 1.66. The molecular weight excluding hydrogens is 294 g/mol. The van der Waals surface area contributed by atoms with Gasteiger partial charge in [-0.1, -0.05) is 0 Å². The van der Waals surface area contributed by atoms with Crippen LogP contribution in [0.5, 0.6) is 0 Å². The van der Waals surface area contributed by atoms with E-state index < -0.39 is 23.6 Å². The Morgan fingerprint density at radius 3 is 2.32 bits per heavy atom. The van der Waals surface area contributed by atoms with Crippen molar-refractivity contribution in [1.29, 1.82) is 0 Å². The Kier molecular flexibility index (Phi) is 4.42. The lowest BCUT2D eigenvalue weighted by Crippen LogP contribution is -2.43. The number of rotatable bonds is 2. The quantitative estimate of drug-likeness (QED) is 0.734. The van der Waals surface area contributed by atoms with E-state index in [2.05, 4.69) is 0 Å². The summed E-state index contributed by atoms with van der Waals surface area (Å²) in [4.78, 5) is 12.0. The molecule has 3 rings (SSSR count). The van der Waals surface area contributed by atoms with Crippen molar-refractivity contribution < 1.29 is 27.8 Å². The van der Waals surface area contributed by atoms with E-state index in [0.717, 1.165) is 25.7 Å². The monoisotopic (exact) mass is 318 g/mol. The molecule has 0 amide bonds. The largest absolute Gasteiger partial charge is 0.469 e. The van der Waals surface area contributed by atoms with Gasteiger partial charge < -0.3 is 14.2 Å². The standard InChI is InChI=1S/C16H24F2O4/c1-20-14(19)13-10-15(17,18)5-4-12(13)11-2-6-16(7-3-11)21-8-9-22-16/h11-13H,2-10H2,1H3. The fourth-order valence-corrected chi connectivity index (χ4v) is 4.42. The summed E-state index contributed by atoms with van der Waals surface area (Å²) in [6.45, 7) is 1.26. The van der Waals surface area contributed by atoms with Gasteiger partial charge in [-0.2, -0.15) is 0 Å². The third kappa shape index (κ3) is 3.13. The van der Waals surface area contributed by atoms with Crippen LogP contribution >= 0.6 is 0 Å². The molecule has 2 aliphatic carbocycles. The number of hydrogen-bond acceptors (Lipinski definition) is 4. The second-order valence-electron chi connectivity index (χ2n) is 6.84. The molecule has 0 N–H and O–H groups in total. The zero-order valence-corrected chi connectivity index (χ0v) is 13.0. The van der Waals surface area contributed by atoms with Gasteiger partial charge in [-0.25, -0.2) is 8.78 Å². The highest BCUT2D eigenvalue weighted by molar-refractivity contribution is 5.73. The molecule has 22 heavy (non-hydrogen) atoms. The van der Waals surface area contributed by atoms with E-state index >= 15 is 0 Å². The highest BCUT2D eigenvalue weighted by atomic mass is 19.3. The molecular formula is C16H24F2O4. The molecule has 2 unspecified atom stereocenters. The Morgan fingerprint density at radius 1 is 1.09 bits per heavy atom. The maximum atomic E-state index is 13.7. The SMILES string of the molecule is COC(=O)C1CC(F)(F)CCC1C1CCC2(CC1)OCCO2. The fourth-order valence-electron chi connectivity index (χ4n) is 4.42. The van der Waals surface area contributed by atoms with Gasteiger partial charge in [-0.05, 0) is 31.1 Å². The van der Waals surface area contributed by atoms with Crippen LogP contribution in [0.25, 0.3) is 0 Å².